The van der Waals surface area contributed by atoms with Crippen LogP contribution < -0.4 is 5.32 Å². The van der Waals surface area contributed by atoms with Gasteiger partial charge < -0.3 is 9.88 Å². The Bertz CT molecular complexity index is 916. The number of nitro groups is 1. The van der Waals surface area contributed by atoms with Crippen LogP contribution in [0.1, 0.15) is 12.5 Å². The maximum absolute atomic E-state index is 11.1. The number of nitrogens with one attached hydrogen (secondary N) is 1. The molecule has 2 aromatic carbocycles. The molecule has 0 aliphatic heterocycles. The molecule has 3 rings (SSSR count). The monoisotopic (exact) mass is 336 g/mol. The molecule has 126 valence electrons. The molecule has 7 heteroatoms. The molecular formula is C18H16N4O3. The number of nitro benzene ring substituents is 1. The van der Waals surface area contributed by atoms with Gasteiger partial charge in [-0.05, 0) is 29.8 Å². The predicted molar refractivity (Wildman–Crippen MR) is 94.2 cm³/mol. The lowest BCUT2D eigenvalue weighted by atomic mass is 10.1. The summed E-state index contributed by atoms with van der Waals surface area (Å²) in [5.74, 6) is 0.626. The Morgan fingerprint density at radius 2 is 2.00 bits per heavy atom. The molecule has 0 fully saturated rings. The Morgan fingerprint density at radius 3 is 2.68 bits per heavy atom. The molecule has 0 bridgehead atoms. The second-order valence-corrected chi connectivity index (χ2v) is 5.56. The number of amides is 1. The van der Waals surface area contributed by atoms with Crippen LogP contribution >= 0.6 is 0 Å². The van der Waals surface area contributed by atoms with E-state index >= 15 is 0 Å². The summed E-state index contributed by atoms with van der Waals surface area (Å²) >= 11 is 0. The van der Waals surface area contributed by atoms with E-state index in [1.807, 2.05) is 41.1 Å². The van der Waals surface area contributed by atoms with E-state index in [9.17, 15) is 14.9 Å². The standard InChI is InChI=1S/C18H16N4O3/c1-13(23)20-16-7-5-15(6-8-16)18-19-9-10-21(18)12-14-3-2-4-17(11-14)22(24)25/h2-11H,12H2,1H3,(H,20,23). The first-order chi connectivity index (χ1) is 12.0. The van der Waals surface area contributed by atoms with Crippen LogP contribution in [0.3, 0.4) is 0 Å². The third-order valence-electron chi connectivity index (χ3n) is 3.65. The molecule has 1 heterocycles. The van der Waals surface area contributed by atoms with E-state index in [4.69, 9.17) is 0 Å². The molecule has 25 heavy (non-hydrogen) atoms. The fraction of sp³-hybridized carbons (Fsp3) is 0.111. The molecule has 0 unspecified atom stereocenters. The van der Waals surface area contributed by atoms with E-state index in [-0.39, 0.29) is 11.6 Å². The molecule has 0 aliphatic rings. The molecular weight excluding hydrogens is 320 g/mol. The summed E-state index contributed by atoms with van der Waals surface area (Å²) in [6.07, 6.45) is 3.52. The molecule has 0 saturated carbocycles. The molecule has 0 radical (unpaired) electrons. The normalized spacial score (nSPS) is 10.4. The van der Waals surface area contributed by atoms with Crippen molar-refractivity contribution in [1.82, 2.24) is 9.55 Å². The lowest BCUT2D eigenvalue weighted by Crippen LogP contribution is -2.05. The number of carbonyl (C=O) groups excluding carboxylic acids is 1. The van der Waals surface area contributed by atoms with Crippen LogP contribution in [0.15, 0.2) is 60.9 Å². The van der Waals surface area contributed by atoms with E-state index in [1.54, 1.807) is 18.3 Å². The minimum Gasteiger partial charge on any atom is -0.327 e. The number of imidazole rings is 1. The Hall–Kier alpha value is -3.48. The summed E-state index contributed by atoms with van der Waals surface area (Å²) in [7, 11) is 0. The van der Waals surface area contributed by atoms with Crippen molar-refractivity contribution in [2.45, 2.75) is 13.5 Å². The Kier molecular flexibility index (Phi) is 4.56. The molecule has 0 atom stereocenters. The van der Waals surface area contributed by atoms with Gasteiger partial charge in [-0.1, -0.05) is 12.1 Å². The zero-order chi connectivity index (χ0) is 17.8. The summed E-state index contributed by atoms with van der Waals surface area (Å²) < 4.78 is 1.92. The van der Waals surface area contributed by atoms with Crippen LogP contribution in [0.2, 0.25) is 0 Å². The van der Waals surface area contributed by atoms with Crippen molar-refractivity contribution in [2.24, 2.45) is 0 Å². The van der Waals surface area contributed by atoms with E-state index in [1.165, 1.54) is 13.0 Å². The summed E-state index contributed by atoms with van der Waals surface area (Å²) in [6.45, 7) is 1.93. The van der Waals surface area contributed by atoms with Gasteiger partial charge in [0.1, 0.15) is 5.82 Å². The van der Waals surface area contributed by atoms with Crippen LogP contribution in [-0.4, -0.2) is 20.4 Å². The number of hydrogen-bond donors (Lipinski definition) is 1. The van der Waals surface area contributed by atoms with Crippen molar-refractivity contribution >= 4 is 17.3 Å². The van der Waals surface area contributed by atoms with Crippen LogP contribution in [-0.2, 0) is 11.3 Å². The van der Waals surface area contributed by atoms with Gasteiger partial charge in [0.25, 0.3) is 5.69 Å². The largest absolute Gasteiger partial charge is 0.327 e. The number of nitrogens with zero attached hydrogens (tertiary/aromatic N) is 3. The van der Waals surface area contributed by atoms with E-state index < -0.39 is 4.92 Å². The number of anilines is 1. The first-order valence-electron chi connectivity index (χ1n) is 7.65. The van der Waals surface area contributed by atoms with Crippen LogP contribution in [0.5, 0.6) is 0 Å². The molecule has 0 spiro atoms. The van der Waals surface area contributed by atoms with Crippen LogP contribution in [0, 0.1) is 10.1 Å². The first kappa shape index (κ1) is 16.4. The van der Waals surface area contributed by atoms with Gasteiger partial charge in [0.2, 0.25) is 5.91 Å². The number of non-ortho nitro benzene ring substituents is 1. The van der Waals surface area contributed by atoms with Crippen molar-refractivity contribution in [2.75, 3.05) is 5.32 Å². The second-order valence-electron chi connectivity index (χ2n) is 5.56. The third-order valence-corrected chi connectivity index (χ3v) is 3.65. The Labute approximate surface area is 144 Å². The number of carbonyl (C=O) groups is 1. The lowest BCUT2D eigenvalue weighted by molar-refractivity contribution is -0.384. The van der Waals surface area contributed by atoms with Gasteiger partial charge >= 0.3 is 0 Å². The summed E-state index contributed by atoms with van der Waals surface area (Å²) in [5.41, 5.74) is 2.50. The van der Waals surface area contributed by atoms with Crippen molar-refractivity contribution in [3.63, 3.8) is 0 Å². The highest BCUT2D eigenvalue weighted by Gasteiger charge is 2.10. The fourth-order valence-electron chi connectivity index (χ4n) is 2.57. The Balaban J connectivity index is 1.84. The minimum absolute atomic E-state index is 0.0684. The molecule has 0 aliphatic carbocycles. The first-order valence-corrected chi connectivity index (χ1v) is 7.65. The van der Waals surface area contributed by atoms with E-state index in [0.717, 1.165) is 17.0 Å². The van der Waals surface area contributed by atoms with Gasteiger partial charge in [0.15, 0.2) is 0 Å². The summed E-state index contributed by atoms with van der Waals surface area (Å²) in [6, 6.07) is 13.9. The highest BCUT2D eigenvalue weighted by atomic mass is 16.6. The van der Waals surface area contributed by atoms with Crippen molar-refractivity contribution in [3.05, 3.63) is 76.6 Å². The van der Waals surface area contributed by atoms with Crippen LogP contribution in [0.4, 0.5) is 11.4 Å². The highest BCUT2D eigenvalue weighted by molar-refractivity contribution is 5.88. The van der Waals surface area contributed by atoms with Crippen molar-refractivity contribution in [1.29, 1.82) is 0 Å². The average Bonchev–Trinajstić information content (AvgIpc) is 3.03. The number of rotatable bonds is 5. The predicted octanol–water partition coefficient (Wildman–Crippen LogP) is 3.47. The maximum Gasteiger partial charge on any atom is 0.269 e. The van der Waals surface area contributed by atoms with E-state index in [0.29, 0.717) is 12.2 Å². The molecule has 1 amide bonds. The topological polar surface area (TPSA) is 90.1 Å². The third kappa shape index (κ3) is 3.89. The molecule has 0 saturated heterocycles. The number of aromatic nitrogens is 2. The second kappa shape index (κ2) is 6.96. The quantitative estimate of drug-likeness (QED) is 0.570. The van der Waals surface area contributed by atoms with Gasteiger partial charge in [-0.15, -0.1) is 0 Å². The van der Waals surface area contributed by atoms with Crippen molar-refractivity contribution < 1.29 is 9.72 Å². The highest BCUT2D eigenvalue weighted by Crippen LogP contribution is 2.22. The maximum atomic E-state index is 11.1. The van der Waals surface area contributed by atoms with Crippen LogP contribution in [0.25, 0.3) is 11.4 Å². The molecule has 7 nitrogen and oxygen atoms in total. The van der Waals surface area contributed by atoms with Gasteiger partial charge in [-0.3, -0.25) is 14.9 Å². The molecule has 3 aromatic rings. The summed E-state index contributed by atoms with van der Waals surface area (Å²) in [5, 5.41) is 13.6. The van der Waals surface area contributed by atoms with E-state index in [2.05, 4.69) is 10.3 Å². The SMILES string of the molecule is CC(=O)Nc1ccc(-c2nccn2Cc2cccc([N+](=O)[O-])c2)cc1. The minimum atomic E-state index is -0.404. The molecule has 1 aromatic heterocycles. The fourth-order valence-corrected chi connectivity index (χ4v) is 2.57. The summed E-state index contributed by atoms with van der Waals surface area (Å²) in [4.78, 5) is 26.0. The van der Waals surface area contributed by atoms with Gasteiger partial charge in [-0.2, -0.15) is 0 Å². The van der Waals surface area contributed by atoms with Gasteiger partial charge in [0, 0.05) is 49.2 Å². The van der Waals surface area contributed by atoms with Gasteiger partial charge in [-0.25, -0.2) is 4.98 Å². The number of hydrogen-bond acceptors (Lipinski definition) is 4. The lowest BCUT2D eigenvalue weighted by Gasteiger charge is -2.09. The smallest absolute Gasteiger partial charge is 0.269 e. The average molecular weight is 336 g/mol. The van der Waals surface area contributed by atoms with Gasteiger partial charge in [0.05, 0.1) is 4.92 Å². The van der Waals surface area contributed by atoms with Crippen molar-refractivity contribution in [3.8, 4) is 11.4 Å². The zero-order valence-electron chi connectivity index (χ0n) is 13.5. The Morgan fingerprint density at radius 1 is 1.24 bits per heavy atom. The number of benzene rings is 2. The molecule has 1 N–H and O–H groups in total. The zero-order valence-corrected chi connectivity index (χ0v) is 13.5.